The summed E-state index contributed by atoms with van der Waals surface area (Å²) in [7, 11) is -1.19. The Labute approximate surface area is 194 Å². The van der Waals surface area contributed by atoms with Crippen LogP contribution < -0.4 is 19.5 Å². The number of amides is 1. The average molecular weight is 485 g/mol. The number of carbonyl (C=O) groups is 1. The number of nitrogens with one attached hydrogen (secondary N) is 2. The van der Waals surface area contributed by atoms with Gasteiger partial charge >= 0.3 is 0 Å². The van der Waals surface area contributed by atoms with Gasteiger partial charge in [-0.15, -0.1) is 0 Å². The van der Waals surface area contributed by atoms with Crippen LogP contribution in [0.2, 0.25) is 5.02 Å². The molecule has 2 N–H and O–H groups in total. The van der Waals surface area contributed by atoms with E-state index in [1.54, 1.807) is 19.1 Å². The summed E-state index contributed by atoms with van der Waals surface area (Å²) in [6.45, 7) is 6.48. The van der Waals surface area contributed by atoms with Crippen LogP contribution in [-0.4, -0.2) is 47.8 Å². The van der Waals surface area contributed by atoms with Gasteiger partial charge in [0.05, 0.1) is 35.9 Å². The second-order valence-corrected chi connectivity index (χ2v) is 9.36. The molecule has 0 fully saturated rings. The first-order valence-corrected chi connectivity index (χ1v) is 11.9. The summed E-state index contributed by atoms with van der Waals surface area (Å²) in [5.41, 5.74) is 0.871. The van der Waals surface area contributed by atoms with E-state index in [2.05, 4.69) is 10.0 Å². The molecule has 0 saturated carbocycles. The highest BCUT2D eigenvalue weighted by Crippen LogP contribution is 2.37. The van der Waals surface area contributed by atoms with Crippen LogP contribution in [0.3, 0.4) is 0 Å². The van der Waals surface area contributed by atoms with Gasteiger partial charge in [0, 0.05) is 24.8 Å². The molecule has 0 heterocycles. The van der Waals surface area contributed by atoms with Crippen LogP contribution >= 0.6 is 11.6 Å². The van der Waals surface area contributed by atoms with Crippen molar-refractivity contribution in [1.29, 1.82) is 0 Å². The molecule has 176 valence electrons. The van der Waals surface area contributed by atoms with E-state index < -0.39 is 10.0 Å². The molecule has 2 rings (SSSR count). The molecule has 1 amide bonds. The molecule has 0 atom stereocenters. The van der Waals surface area contributed by atoms with Crippen molar-refractivity contribution in [3.63, 3.8) is 0 Å². The Bertz CT molecular complexity index is 1060. The molecule has 0 bridgehead atoms. The van der Waals surface area contributed by atoms with Crippen molar-refractivity contribution >= 4 is 33.2 Å². The fourth-order valence-corrected chi connectivity index (χ4v) is 4.44. The van der Waals surface area contributed by atoms with Gasteiger partial charge < -0.3 is 19.5 Å². The molecule has 0 aliphatic heterocycles. The van der Waals surface area contributed by atoms with Crippen LogP contribution in [0.1, 0.15) is 36.2 Å². The summed E-state index contributed by atoms with van der Waals surface area (Å²) in [5, 5.41) is 2.99. The molecule has 0 spiro atoms. The summed E-state index contributed by atoms with van der Waals surface area (Å²) < 4.78 is 44.5. The highest BCUT2D eigenvalue weighted by atomic mass is 35.5. The average Bonchev–Trinajstić information content (AvgIpc) is 2.73. The highest BCUT2D eigenvalue weighted by Gasteiger charge is 2.22. The van der Waals surface area contributed by atoms with Crippen molar-refractivity contribution in [2.24, 2.45) is 0 Å². The van der Waals surface area contributed by atoms with Crippen LogP contribution in [0.4, 0.5) is 5.69 Å². The van der Waals surface area contributed by atoms with E-state index in [4.69, 9.17) is 25.8 Å². The number of hydrogen-bond donors (Lipinski definition) is 2. The van der Waals surface area contributed by atoms with Gasteiger partial charge in [-0.05, 0) is 51.0 Å². The fraction of sp³-hybridized carbons (Fsp3) is 0.409. The minimum atomic E-state index is -4.04. The second kappa shape index (κ2) is 11.4. The van der Waals surface area contributed by atoms with Gasteiger partial charge in [-0.25, -0.2) is 8.42 Å². The third kappa shape index (κ3) is 6.75. The Morgan fingerprint density at radius 1 is 1.09 bits per heavy atom. The Balaban J connectivity index is 2.22. The smallest absolute Gasteiger partial charge is 0.262 e. The van der Waals surface area contributed by atoms with Gasteiger partial charge in [0.2, 0.25) is 0 Å². The fourth-order valence-electron chi connectivity index (χ4n) is 2.87. The van der Waals surface area contributed by atoms with Crippen molar-refractivity contribution in [1.82, 2.24) is 5.32 Å². The lowest BCUT2D eigenvalue weighted by atomic mass is 10.1. The van der Waals surface area contributed by atoms with Crippen molar-refractivity contribution in [2.45, 2.75) is 38.2 Å². The van der Waals surface area contributed by atoms with Crippen LogP contribution in [0, 0.1) is 6.92 Å². The zero-order valence-corrected chi connectivity index (χ0v) is 20.4. The molecule has 0 radical (unpaired) electrons. The van der Waals surface area contributed by atoms with Crippen molar-refractivity contribution in [2.75, 3.05) is 32.1 Å². The predicted octanol–water partition coefficient (Wildman–Crippen LogP) is 4.01. The van der Waals surface area contributed by atoms with E-state index in [1.807, 2.05) is 13.8 Å². The van der Waals surface area contributed by atoms with E-state index >= 15 is 0 Å². The third-order valence-corrected chi connectivity index (χ3v) is 6.32. The topological polar surface area (TPSA) is 103 Å². The SMILES string of the molecule is COc1cc(OC)c(NS(=O)(=O)c2cc(C(=O)NCCCOC(C)C)ccc2C)cc1Cl. The summed E-state index contributed by atoms with van der Waals surface area (Å²) in [4.78, 5) is 12.5. The minimum Gasteiger partial charge on any atom is -0.495 e. The number of sulfonamides is 1. The summed E-state index contributed by atoms with van der Waals surface area (Å²) in [6, 6.07) is 7.40. The predicted molar refractivity (Wildman–Crippen MR) is 125 cm³/mol. The molecule has 2 aromatic rings. The number of benzene rings is 2. The van der Waals surface area contributed by atoms with Crippen molar-refractivity contribution in [3.8, 4) is 11.5 Å². The second-order valence-electron chi connectivity index (χ2n) is 7.30. The van der Waals surface area contributed by atoms with E-state index in [9.17, 15) is 13.2 Å². The van der Waals surface area contributed by atoms with Gasteiger partial charge in [0.1, 0.15) is 11.5 Å². The normalized spacial score (nSPS) is 11.3. The lowest BCUT2D eigenvalue weighted by Gasteiger charge is -2.16. The van der Waals surface area contributed by atoms with Gasteiger partial charge in [-0.3, -0.25) is 9.52 Å². The number of hydrogen-bond acceptors (Lipinski definition) is 6. The first-order chi connectivity index (χ1) is 15.1. The number of anilines is 1. The number of carbonyl (C=O) groups excluding carboxylic acids is 1. The third-order valence-electron chi connectivity index (χ3n) is 4.52. The maximum absolute atomic E-state index is 13.1. The Hall–Kier alpha value is -2.49. The number of methoxy groups -OCH3 is 2. The number of halogens is 1. The first-order valence-electron chi connectivity index (χ1n) is 10.0. The zero-order valence-electron chi connectivity index (χ0n) is 18.8. The standard InChI is InChI=1S/C22H29ClN2O6S/c1-14(2)31-10-6-9-24-22(26)16-8-7-15(3)21(11-16)32(27,28)25-18-12-17(23)19(29-4)13-20(18)30-5/h7-8,11-14,25H,6,9-10H2,1-5H3,(H,24,26). The molecule has 2 aromatic carbocycles. The molecule has 10 heteroatoms. The summed E-state index contributed by atoms with van der Waals surface area (Å²) in [5.74, 6) is 0.223. The van der Waals surface area contributed by atoms with Crippen LogP contribution in [0.15, 0.2) is 35.2 Å². The lowest BCUT2D eigenvalue weighted by molar-refractivity contribution is 0.0757. The first kappa shape index (κ1) is 25.8. The molecular formula is C22H29ClN2O6S. The zero-order chi connectivity index (χ0) is 23.9. The number of aryl methyl sites for hydroxylation is 1. The molecular weight excluding hydrogens is 456 g/mol. The van der Waals surface area contributed by atoms with Crippen LogP contribution in [-0.2, 0) is 14.8 Å². The van der Waals surface area contributed by atoms with Crippen LogP contribution in [0.25, 0.3) is 0 Å². The molecule has 8 nitrogen and oxygen atoms in total. The van der Waals surface area contributed by atoms with Crippen molar-refractivity contribution in [3.05, 3.63) is 46.5 Å². The van der Waals surface area contributed by atoms with Gasteiger partial charge in [0.15, 0.2) is 0 Å². The largest absolute Gasteiger partial charge is 0.495 e. The maximum Gasteiger partial charge on any atom is 0.262 e. The Kier molecular flexibility index (Phi) is 9.18. The Morgan fingerprint density at radius 3 is 2.41 bits per heavy atom. The Morgan fingerprint density at radius 2 is 1.78 bits per heavy atom. The number of rotatable bonds is 11. The maximum atomic E-state index is 13.1. The lowest BCUT2D eigenvalue weighted by Crippen LogP contribution is -2.26. The number of ether oxygens (including phenoxy) is 3. The minimum absolute atomic E-state index is 0.0257. The van der Waals surface area contributed by atoms with E-state index in [1.165, 1.54) is 32.4 Å². The molecule has 0 unspecified atom stereocenters. The van der Waals surface area contributed by atoms with Gasteiger partial charge in [-0.2, -0.15) is 0 Å². The molecule has 0 saturated heterocycles. The quantitative estimate of drug-likeness (QED) is 0.467. The van der Waals surface area contributed by atoms with E-state index in [0.29, 0.717) is 30.9 Å². The van der Waals surface area contributed by atoms with Crippen molar-refractivity contribution < 1.29 is 27.4 Å². The molecule has 0 aliphatic rings. The molecule has 0 aliphatic carbocycles. The highest BCUT2D eigenvalue weighted by molar-refractivity contribution is 7.92. The van der Waals surface area contributed by atoms with E-state index in [-0.39, 0.29) is 38.9 Å². The monoisotopic (exact) mass is 484 g/mol. The van der Waals surface area contributed by atoms with Crippen LogP contribution in [0.5, 0.6) is 11.5 Å². The summed E-state index contributed by atoms with van der Waals surface area (Å²) >= 11 is 6.14. The molecule has 32 heavy (non-hydrogen) atoms. The summed E-state index contributed by atoms with van der Waals surface area (Å²) in [6.07, 6.45) is 0.780. The van der Waals surface area contributed by atoms with E-state index in [0.717, 1.165) is 0 Å². The van der Waals surface area contributed by atoms with Gasteiger partial charge in [-0.1, -0.05) is 17.7 Å². The molecule has 0 aromatic heterocycles. The van der Waals surface area contributed by atoms with Gasteiger partial charge in [0.25, 0.3) is 15.9 Å².